The van der Waals surface area contributed by atoms with E-state index in [1.54, 1.807) is 11.3 Å². The molecule has 5 heteroatoms. The molecule has 1 aromatic heterocycles. The normalized spacial score (nSPS) is 11.1. The van der Waals surface area contributed by atoms with Crippen LogP contribution in [-0.4, -0.2) is 4.57 Å². The van der Waals surface area contributed by atoms with Gasteiger partial charge in [-0.2, -0.15) is 0 Å². The van der Waals surface area contributed by atoms with E-state index in [1.165, 1.54) is 11.3 Å². The summed E-state index contributed by atoms with van der Waals surface area (Å²) in [6.45, 7) is 4.60. The molecule has 0 amide bonds. The fourth-order valence-corrected chi connectivity index (χ4v) is 3.55. The van der Waals surface area contributed by atoms with Gasteiger partial charge >= 0.3 is 0 Å². The van der Waals surface area contributed by atoms with Crippen molar-refractivity contribution in [3.05, 3.63) is 81.9 Å². The molecule has 0 spiro atoms. The van der Waals surface area contributed by atoms with E-state index in [9.17, 15) is 0 Å². The minimum atomic E-state index is 0. The third kappa shape index (κ3) is 4.31. The molecule has 2 aromatic carbocycles. The van der Waals surface area contributed by atoms with Gasteiger partial charge in [-0.3, -0.25) is 0 Å². The summed E-state index contributed by atoms with van der Waals surface area (Å²) in [5.41, 5.74) is 3.30. The molecule has 2 nitrogen and oxygen atoms in total. The van der Waals surface area contributed by atoms with Crippen LogP contribution in [0.3, 0.4) is 0 Å². The van der Waals surface area contributed by atoms with Crippen LogP contribution in [0, 0.1) is 0 Å². The molecule has 0 atom stereocenters. The largest absolute Gasteiger partial charge is 0.313 e. The first-order valence-corrected chi connectivity index (χ1v) is 8.60. The maximum Gasteiger partial charge on any atom is 0.190 e. The van der Waals surface area contributed by atoms with Crippen molar-refractivity contribution in [3.63, 3.8) is 0 Å². The number of benzene rings is 2. The number of aromatic nitrogens is 1. The first kappa shape index (κ1) is 17.9. The third-order valence-corrected chi connectivity index (χ3v) is 4.57. The minimum absolute atomic E-state index is 0. The lowest BCUT2D eigenvalue weighted by Gasteiger charge is -2.06. The third-order valence-electron chi connectivity index (χ3n) is 3.21. The summed E-state index contributed by atoms with van der Waals surface area (Å²) in [5.74, 6) is 0. The van der Waals surface area contributed by atoms with E-state index in [2.05, 4.69) is 56.7 Å². The number of hydrogen-bond acceptors (Lipinski definition) is 2. The van der Waals surface area contributed by atoms with Crippen molar-refractivity contribution in [2.75, 3.05) is 0 Å². The van der Waals surface area contributed by atoms with Gasteiger partial charge in [-0.1, -0.05) is 58.4 Å². The summed E-state index contributed by atoms with van der Waals surface area (Å²) in [7, 11) is 0. The van der Waals surface area contributed by atoms with Gasteiger partial charge in [0.15, 0.2) is 4.80 Å². The van der Waals surface area contributed by atoms with Crippen LogP contribution in [0.25, 0.3) is 11.3 Å². The minimum Gasteiger partial charge on any atom is -0.313 e. The molecule has 0 bridgehead atoms. The van der Waals surface area contributed by atoms with E-state index in [0.29, 0.717) is 0 Å². The lowest BCUT2D eigenvalue weighted by atomic mass is 10.2. The summed E-state index contributed by atoms with van der Waals surface area (Å²) in [4.78, 5) is 5.74. The van der Waals surface area contributed by atoms with Crippen LogP contribution >= 0.6 is 44.2 Å². The Bertz CT molecular complexity index is 851. The molecular formula is C18H16Br2N2S. The molecule has 0 saturated carbocycles. The average molecular weight is 452 g/mol. The van der Waals surface area contributed by atoms with Gasteiger partial charge in [0, 0.05) is 16.4 Å². The number of thiazole rings is 1. The zero-order chi connectivity index (χ0) is 15.4. The Balaban J connectivity index is 0.00000192. The van der Waals surface area contributed by atoms with Crippen molar-refractivity contribution >= 4 is 49.9 Å². The summed E-state index contributed by atoms with van der Waals surface area (Å²) >= 11 is 5.13. The van der Waals surface area contributed by atoms with Crippen LogP contribution in [0.2, 0.25) is 0 Å². The molecule has 3 rings (SSSR count). The standard InChI is InChI=1S/C18H15BrN2S.BrH/c1-2-11-21-17(14-7-4-3-5-8-14)13-22-18(21)20-16-10-6-9-15(19)12-16;/h2-10,12-13H,1,11H2;1H. The van der Waals surface area contributed by atoms with Gasteiger partial charge in [-0.15, -0.1) is 34.9 Å². The Morgan fingerprint density at radius 2 is 1.91 bits per heavy atom. The van der Waals surface area contributed by atoms with E-state index in [4.69, 9.17) is 4.99 Å². The highest BCUT2D eigenvalue weighted by atomic mass is 79.9. The molecule has 0 saturated heterocycles. The summed E-state index contributed by atoms with van der Waals surface area (Å²) < 4.78 is 3.22. The van der Waals surface area contributed by atoms with Crippen LogP contribution in [0.4, 0.5) is 5.69 Å². The molecule has 1 heterocycles. The van der Waals surface area contributed by atoms with Gasteiger partial charge in [0.25, 0.3) is 0 Å². The highest BCUT2D eigenvalue weighted by Crippen LogP contribution is 2.21. The van der Waals surface area contributed by atoms with Gasteiger partial charge in [-0.05, 0) is 23.8 Å². The fourth-order valence-electron chi connectivity index (χ4n) is 2.22. The molecule has 118 valence electrons. The molecule has 0 aliphatic carbocycles. The quantitative estimate of drug-likeness (QED) is 0.434. The molecule has 0 N–H and O–H groups in total. The van der Waals surface area contributed by atoms with Crippen molar-refractivity contribution in [1.82, 2.24) is 4.57 Å². The van der Waals surface area contributed by atoms with Crippen LogP contribution in [0.15, 0.2) is 82.1 Å². The summed E-state index contributed by atoms with van der Waals surface area (Å²) in [6.07, 6.45) is 1.90. The second-order valence-electron chi connectivity index (χ2n) is 4.76. The van der Waals surface area contributed by atoms with Gasteiger partial charge in [0.05, 0.1) is 11.4 Å². The molecule has 0 aliphatic rings. The van der Waals surface area contributed by atoms with E-state index in [1.807, 2.05) is 36.4 Å². The zero-order valence-electron chi connectivity index (χ0n) is 12.4. The molecule has 0 radical (unpaired) electrons. The van der Waals surface area contributed by atoms with Crippen molar-refractivity contribution in [2.45, 2.75) is 6.54 Å². The molecule has 23 heavy (non-hydrogen) atoms. The number of nitrogens with zero attached hydrogens (tertiary/aromatic N) is 2. The van der Waals surface area contributed by atoms with Crippen molar-refractivity contribution < 1.29 is 0 Å². The molecule has 3 aromatic rings. The van der Waals surface area contributed by atoms with Crippen LogP contribution < -0.4 is 4.80 Å². The predicted molar refractivity (Wildman–Crippen MR) is 108 cm³/mol. The Morgan fingerprint density at radius 1 is 1.13 bits per heavy atom. The fraction of sp³-hybridized carbons (Fsp3) is 0.0556. The van der Waals surface area contributed by atoms with Crippen LogP contribution in [0.5, 0.6) is 0 Å². The van der Waals surface area contributed by atoms with Crippen molar-refractivity contribution in [3.8, 4) is 11.3 Å². The van der Waals surface area contributed by atoms with Gasteiger partial charge < -0.3 is 4.57 Å². The highest BCUT2D eigenvalue weighted by molar-refractivity contribution is 9.10. The zero-order valence-corrected chi connectivity index (χ0v) is 16.5. The highest BCUT2D eigenvalue weighted by Gasteiger charge is 2.06. The smallest absolute Gasteiger partial charge is 0.190 e. The Kier molecular flexibility index (Phi) is 6.57. The number of halogens is 2. The van der Waals surface area contributed by atoms with E-state index < -0.39 is 0 Å². The number of rotatable bonds is 4. The van der Waals surface area contributed by atoms with E-state index in [0.717, 1.165) is 21.5 Å². The summed E-state index contributed by atoms with van der Waals surface area (Å²) in [6, 6.07) is 18.4. The topological polar surface area (TPSA) is 17.3 Å². The molecule has 0 aliphatic heterocycles. The number of hydrogen-bond donors (Lipinski definition) is 0. The van der Waals surface area contributed by atoms with Crippen molar-refractivity contribution in [1.29, 1.82) is 0 Å². The molecule has 0 unspecified atom stereocenters. The van der Waals surface area contributed by atoms with Gasteiger partial charge in [-0.25, -0.2) is 4.99 Å². The van der Waals surface area contributed by atoms with Gasteiger partial charge in [0.2, 0.25) is 0 Å². The predicted octanol–water partition coefficient (Wildman–Crippen LogP) is 5.98. The Hall–Kier alpha value is -1.43. The van der Waals surface area contributed by atoms with E-state index in [-0.39, 0.29) is 17.0 Å². The summed E-state index contributed by atoms with van der Waals surface area (Å²) in [5, 5.41) is 2.15. The van der Waals surface area contributed by atoms with Crippen molar-refractivity contribution in [2.24, 2.45) is 4.99 Å². The van der Waals surface area contributed by atoms with E-state index >= 15 is 0 Å². The first-order chi connectivity index (χ1) is 10.8. The van der Waals surface area contributed by atoms with Crippen LogP contribution in [-0.2, 0) is 6.54 Å². The first-order valence-electron chi connectivity index (χ1n) is 6.93. The second kappa shape index (κ2) is 8.43. The average Bonchev–Trinajstić information content (AvgIpc) is 2.91. The molecule has 0 fully saturated rings. The molecular weight excluding hydrogens is 436 g/mol. The second-order valence-corrected chi connectivity index (χ2v) is 6.51. The SMILES string of the molecule is Br.C=CCn1c(-c2ccccc2)csc1=Nc1cccc(Br)c1. The van der Waals surface area contributed by atoms with Crippen LogP contribution in [0.1, 0.15) is 0 Å². The number of allylic oxidation sites excluding steroid dienone is 1. The Labute approximate surface area is 158 Å². The lowest BCUT2D eigenvalue weighted by molar-refractivity contribution is 0.800. The Morgan fingerprint density at radius 3 is 2.61 bits per heavy atom. The lowest BCUT2D eigenvalue weighted by Crippen LogP contribution is -2.14. The van der Waals surface area contributed by atoms with Gasteiger partial charge in [0.1, 0.15) is 0 Å². The monoisotopic (exact) mass is 450 g/mol. The maximum atomic E-state index is 4.77. The maximum absolute atomic E-state index is 4.77.